The Morgan fingerprint density at radius 3 is 3.11 bits per heavy atom. The highest BCUT2D eigenvalue weighted by atomic mass is 16.5. The zero-order chi connectivity index (χ0) is 13.0. The van der Waals surface area contributed by atoms with Crippen LogP contribution in [0.25, 0.3) is 0 Å². The molecule has 102 valence electrons. The van der Waals surface area contributed by atoms with Crippen molar-refractivity contribution in [2.75, 3.05) is 6.61 Å². The molecular formula is C16H26O2. The van der Waals surface area contributed by atoms with Crippen LogP contribution in [0.1, 0.15) is 58.8 Å². The van der Waals surface area contributed by atoms with Crippen molar-refractivity contribution in [2.45, 2.75) is 64.9 Å². The van der Waals surface area contributed by atoms with Crippen LogP contribution in [0.15, 0.2) is 11.6 Å². The molecule has 0 bridgehead atoms. The van der Waals surface area contributed by atoms with Gasteiger partial charge in [-0.05, 0) is 49.9 Å². The molecule has 3 unspecified atom stereocenters. The van der Waals surface area contributed by atoms with E-state index in [2.05, 4.69) is 19.9 Å². The number of fused-ring (bicyclic) bond motifs is 1. The van der Waals surface area contributed by atoms with Gasteiger partial charge in [-0.1, -0.05) is 25.5 Å². The number of rotatable bonds is 6. The molecule has 0 spiro atoms. The van der Waals surface area contributed by atoms with E-state index in [-0.39, 0.29) is 0 Å². The van der Waals surface area contributed by atoms with Crippen molar-refractivity contribution in [3.8, 4) is 0 Å². The molecule has 3 atom stereocenters. The Kier molecular flexibility index (Phi) is 4.60. The summed E-state index contributed by atoms with van der Waals surface area (Å²) in [5, 5.41) is 0. The molecule has 0 aromatic rings. The monoisotopic (exact) mass is 250 g/mol. The third-order valence-corrected chi connectivity index (χ3v) is 4.87. The zero-order valence-electron chi connectivity index (χ0n) is 11.8. The Morgan fingerprint density at radius 2 is 2.39 bits per heavy atom. The van der Waals surface area contributed by atoms with E-state index in [4.69, 9.17) is 4.74 Å². The van der Waals surface area contributed by atoms with Gasteiger partial charge in [0.1, 0.15) is 6.29 Å². The van der Waals surface area contributed by atoms with Gasteiger partial charge in [-0.25, -0.2) is 0 Å². The predicted octanol–water partition coefficient (Wildman–Crippen LogP) is 3.90. The third-order valence-electron chi connectivity index (χ3n) is 4.87. The quantitative estimate of drug-likeness (QED) is 0.528. The molecule has 2 aliphatic rings. The highest BCUT2D eigenvalue weighted by molar-refractivity contribution is 5.50. The Bertz CT molecular complexity index is 321. The molecule has 0 saturated heterocycles. The first-order valence-corrected chi connectivity index (χ1v) is 7.47. The number of carbonyl (C=O) groups is 1. The molecule has 0 aliphatic heterocycles. The van der Waals surface area contributed by atoms with Crippen molar-refractivity contribution < 1.29 is 9.53 Å². The summed E-state index contributed by atoms with van der Waals surface area (Å²) in [6.07, 6.45) is 11.5. The molecule has 2 aliphatic carbocycles. The molecule has 18 heavy (non-hydrogen) atoms. The molecule has 2 heteroatoms. The van der Waals surface area contributed by atoms with Gasteiger partial charge in [-0.3, -0.25) is 0 Å². The first-order valence-electron chi connectivity index (χ1n) is 7.47. The van der Waals surface area contributed by atoms with Crippen LogP contribution < -0.4 is 0 Å². The zero-order valence-corrected chi connectivity index (χ0v) is 11.8. The average Bonchev–Trinajstić information content (AvgIpc) is 2.71. The normalized spacial score (nSPS) is 35.1. The van der Waals surface area contributed by atoms with Crippen LogP contribution in [-0.4, -0.2) is 19.0 Å². The molecule has 2 rings (SSSR count). The summed E-state index contributed by atoms with van der Waals surface area (Å²) >= 11 is 0. The molecule has 0 radical (unpaired) electrons. The van der Waals surface area contributed by atoms with Gasteiger partial charge >= 0.3 is 0 Å². The minimum atomic E-state index is 0.305. The second kappa shape index (κ2) is 6.01. The Balaban J connectivity index is 2.03. The maximum atomic E-state index is 10.6. The number of hydrogen-bond donors (Lipinski definition) is 0. The van der Waals surface area contributed by atoms with E-state index in [9.17, 15) is 4.79 Å². The van der Waals surface area contributed by atoms with Gasteiger partial charge in [0.25, 0.3) is 0 Å². The molecule has 1 fully saturated rings. The van der Waals surface area contributed by atoms with Crippen LogP contribution in [-0.2, 0) is 9.53 Å². The lowest BCUT2D eigenvalue weighted by Crippen LogP contribution is -2.40. The summed E-state index contributed by atoms with van der Waals surface area (Å²) in [4.78, 5) is 10.6. The van der Waals surface area contributed by atoms with E-state index >= 15 is 0 Å². The minimum absolute atomic E-state index is 0.305. The summed E-state index contributed by atoms with van der Waals surface area (Å²) in [5.74, 6) is 0.652. The average molecular weight is 250 g/mol. The van der Waals surface area contributed by atoms with Crippen LogP contribution in [0.3, 0.4) is 0 Å². The van der Waals surface area contributed by atoms with Crippen molar-refractivity contribution in [1.29, 1.82) is 0 Å². The van der Waals surface area contributed by atoms with E-state index in [1.54, 1.807) is 0 Å². The molecule has 0 heterocycles. The topological polar surface area (TPSA) is 26.3 Å². The molecule has 0 amide bonds. The van der Waals surface area contributed by atoms with Gasteiger partial charge in [0.2, 0.25) is 0 Å². The third kappa shape index (κ3) is 2.54. The molecule has 0 N–H and O–H groups in total. The Labute approximate surface area is 111 Å². The lowest BCUT2D eigenvalue weighted by atomic mass is 9.64. The van der Waals surface area contributed by atoms with Gasteiger partial charge < -0.3 is 9.53 Å². The number of ether oxygens (including phenoxy) is 1. The predicted molar refractivity (Wildman–Crippen MR) is 73.5 cm³/mol. The Hall–Kier alpha value is -0.630. The maximum absolute atomic E-state index is 10.6. The molecule has 0 aromatic carbocycles. The van der Waals surface area contributed by atoms with Gasteiger partial charge in [-0.2, -0.15) is 0 Å². The lowest BCUT2D eigenvalue weighted by molar-refractivity contribution is -0.107. The van der Waals surface area contributed by atoms with Crippen LogP contribution in [0, 0.1) is 11.3 Å². The van der Waals surface area contributed by atoms with Crippen LogP contribution in [0.4, 0.5) is 0 Å². The molecule has 0 aromatic heterocycles. The summed E-state index contributed by atoms with van der Waals surface area (Å²) in [6.45, 7) is 5.45. The Morgan fingerprint density at radius 1 is 1.56 bits per heavy atom. The van der Waals surface area contributed by atoms with Crippen LogP contribution in [0.5, 0.6) is 0 Å². The number of carbonyl (C=O) groups excluding carboxylic acids is 1. The maximum Gasteiger partial charge on any atom is 0.120 e. The van der Waals surface area contributed by atoms with Gasteiger partial charge in [-0.15, -0.1) is 0 Å². The van der Waals surface area contributed by atoms with Gasteiger partial charge in [0.15, 0.2) is 0 Å². The second-order valence-corrected chi connectivity index (χ2v) is 6.00. The fraction of sp³-hybridized carbons (Fsp3) is 0.812. The highest BCUT2D eigenvalue weighted by Crippen LogP contribution is 2.54. The smallest absolute Gasteiger partial charge is 0.120 e. The van der Waals surface area contributed by atoms with Crippen molar-refractivity contribution in [1.82, 2.24) is 0 Å². The van der Waals surface area contributed by atoms with Crippen molar-refractivity contribution >= 4 is 6.29 Å². The number of hydrogen-bond acceptors (Lipinski definition) is 2. The molecular weight excluding hydrogens is 224 g/mol. The fourth-order valence-corrected chi connectivity index (χ4v) is 3.85. The number of allylic oxidation sites excluding steroid dienone is 2. The minimum Gasteiger partial charge on any atom is -0.378 e. The molecule has 1 saturated carbocycles. The summed E-state index contributed by atoms with van der Waals surface area (Å²) < 4.78 is 6.06. The summed E-state index contributed by atoms with van der Waals surface area (Å²) in [7, 11) is 0. The van der Waals surface area contributed by atoms with Gasteiger partial charge in [0, 0.05) is 13.0 Å². The van der Waals surface area contributed by atoms with Gasteiger partial charge in [0.05, 0.1) is 6.10 Å². The van der Waals surface area contributed by atoms with E-state index in [1.165, 1.54) is 24.8 Å². The summed E-state index contributed by atoms with van der Waals surface area (Å²) in [5.41, 5.74) is 1.82. The lowest BCUT2D eigenvalue weighted by Gasteiger charge is -2.43. The van der Waals surface area contributed by atoms with Crippen molar-refractivity contribution in [3.05, 3.63) is 11.6 Å². The van der Waals surface area contributed by atoms with Crippen molar-refractivity contribution in [2.24, 2.45) is 11.3 Å². The first kappa shape index (κ1) is 13.8. The number of aldehydes is 1. The summed E-state index contributed by atoms with van der Waals surface area (Å²) in [6, 6.07) is 0. The van der Waals surface area contributed by atoms with E-state index in [1.807, 2.05) is 0 Å². The largest absolute Gasteiger partial charge is 0.378 e. The highest BCUT2D eigenvalue weighted by Gasteiger charge is 2.47. The fourth-order valence-electron chi connectivity index (χ4n) is 3.85. The van der Waals surface area contributed by atoms with E-state index in [0.717, 1.165) is 32.2 Å². The SMILES string of the molecule is CCCOC1CCCC2(C)C(CCC=O)=CCC12. The first-order chi connectivity index (χ1) is 8.72. The van der Waals surface area contributed by atoms with Crippen LogP contribution in [0.2, 0.25) is 0 Å². The van der Waals surface area contributed by atoms with Crippen LogP contribution >= 0.6 is 0 Å². The van der Waals surface area contributed by atoms with E-state index in [0.29, 0.717) is 23.9 Å². The second-order valence-electron chi connectivity index (χ2n) is 6.00. The standard InChI is InChI=1S/C16H26O2/c1-3-12-18-15-7-4-10-16(2)13(6-5-11-17)8-9-14(15)16/h8,11,14-15H,3-7,9-10,12H2,1-2H3. The van der Waals surface area contributed by atoms with E-state index < -0.39 is 0 Å². The van der Waals surface area contributed by atoms with Crippen molar-refractivity contribution in [3.63, 3.8) is 0 Å². The molecule has 2 nitrogen and oxygen atoms in total.